The van der Waals surface area contributed by atoms with Crippen LogP contribution in [0.2, 0.25) is 5.15 Å². The molecule has 1 aliphatic rings. The number of rotatable bonds is 3. The van der Waals surface area contributed by atoms with Crippen molar-refractivity contribution in [2.24, 2.45) is 0 Å². The van der Waals surface area contributed by atoms with Crippen LogP contribution >= 0.6 is 23.2 Å². The van der Waals surface area contributed by atoms with E-state index in [1.807, 2.05) is 6.07 Å². The average molecular weight is 269 g/mol. The largest absolute Gasteiger partial charge is 0.201 e. The zero-order chi connectivity index (χ0) is 11.8. The van der Waals surface area contributed by atoms with Gasteiger partial charge in [-0.1, -0.05) is 11.6 Å². The third-order valence-corrected chi connectivity index (χ3v) is 3.48. The Morgan fingerprint density at radius 2 is 2.24 bits per heavy atom. The molecule has 4 nitrogen and oxygen atoms in total. The highest BCUT2D eigenvalue weighted by molar-refractivity contribution is 6.31. The summed E-state index contributed by atoms with van der Waals surface area (Å²) in [6.07, 6.45) is 3.95. The van der Waals surface area contributed by atoms with Gasteiger partial charge in [0.25, 0.3) is 0 Å². The summed E-state index contributed by atoms with van der Waals surface area (Å²) in [6.45, 7) is 0. The summed E-state index contributed by atoms with van der Waals surface area (Å²) >= 11 is 12.2. The molecule has 88 valence electrons. The maximum atomic E-state index is 6.28. The first-order valence-electron chi connectivity index (χ1n) is 5.42. The van der Waals surface area contributed by atoms with Crippen LogP contribution in [0.4, 0.5) is 0 Å². The van der Waals surface area contributed by atoms with Crippen LogP contribution in [0, 0.1) is 0 Å². The highest BCUT2D eigenvalue weighted by Crippen LogP contribution is 2.43. The fraction of sp³-hybridized carbons (Fsp3) is 0.364. The molecule has 17 heavy (non-hydrogen) atoms. The van der Waals surface area contributed by atoms with E-state index in [0.29, 0.717) is 22.8 Å². The second-order valence-electron chi connectivity index (χ2n) is 4.06. The van der Waals surface area contributed by atoms with Crippen LogP contribution in [0.1, 0.15) is 30.0 Å². The highest BCUT2D eigenvalue weighted by atomic mass is 35.5. The molecular formula is C11H10Cl2N4. The van der Waals surface area contributed by atoms with Crippen molar-refractivity contribution < 1.29 is 0 Å². The lowest BCUT2D eigenvalue weighted by molar-refractivity contribution is 0.790. The van der Waals surface area contributed by atoms with Gasteiger partial charge in [0.1, 0.15) is 5.15 Å². The van der Waals surface area contributed by atoms with E-state index in [0.717, 1.165) is 24.1 Å². The van der Waals surface area contributed by atoms with Gasteiger partial charge in [0.2, 0.25) is 0 Å². The van der Waals surface area contributed by atoms with Gasteiger partial charge < -0.3 is 0 Å². The minimum Gasteiger partial charge on any atom is -0.201 e. The van der Waals surface area contributed by atoms with Crippen LogP contribution in [0.15, 0.2) is 18.3 Å². The quantitative estimate of drug-likeness (QED) is 0.804. The summed E-state index contributed by atoms with van der Waals surface area (Å²) in [5.74, 6) is 1.51. The zero-order valence-electron chi connectivity index (χ0n) is 8.98. The van der Waals surface area contributed by atoms with E-state index in [-0.39, 0.29) is 0 Å². The lowest BCUT2D eigenvalue weighted by atomic mass is 10.2. The Kier molecular flexibility index (Phi) is 2.76. The molecule has 1 saturated carbocycles. The summed E-state index contributed by atoms with van der Waals surface area (Å²) in [5, 5.41) is 12.9. The van der Waals surface area contributed by atoms with Gasteiger partial charge in [-0.2, -0.15) is 10.2 Å². The van der Waals surface area contributed by atoms with Crippen molar-refractivity contribution in [3.63, 3.8) is 0 Å². The summed E-state index contributed by atoms with van der Waals surface area (Å²) in [5.41, 5.74) is 1.93. The van der Waals surface area contributed by atoms with E-state index in [1.54, 1.807) is 16.9 Å². The van der Waals surface area contributed by atoms with Crippen LogP contribution < -0.4 is 0 Å². The molecule has 2 aromatic rings. The fourth-order valence-corrected chi connectivity index (χ4v) is 2.43. The molecule has 0 unspecified atom stereocenters. The number of halogens is 2. The minimum atomic E-state index is 0.380. The number of aromatic nitrogens is 4. The molecule has 3 rings (SSSR count). The van der Waals surface area contributed by atoms with Crippen molar-refractivity contribution >= 4 is 23.2 Å². The zero-order valence-corrected chi connectivity index (χ0v) is 10.5. The Balaban J connectivity index is 2.11. The molecular weight excluding hydrogens is 259 g/mol. The monoisotopic (exact) mass is 268 g/mol. The van der Waals surface area contributed by atoms with Gasteiger partial charge in [0.05, 0.1) is 11.6 Å². The second kappa shape index (κ2) is 4.27. The number of hydrogen-bond donors (Lipinski definition) is 0. The first-order valence-corrected chi connectivity index (χ1v) is 6.34. The van der Waals surface area contributed by atoms with Gasteiger partial charge in [-0.15, -0.1) is 16.7 Å². The Morgan fingerprint density at radius 1 is 1.41 bits per heavy atom. The first-order chi connectivity index (χ1) is 8.31. The lowest BCUT2D eigenvalue weighted by Crippen LogP contribution is -2.00. The van der Waals surface area contributed by atoms with E-state index in [9.17, 15) is 0 Å². The predicted octanol–water partition coefficient (Wildman–Crippen LogP) is 2.93. The molecule has 0 bridgehead atoms. The lowest BCUT2D eigenvalue weighted by Gasteiger charge is -1.99. The number of alkyl halides is 1. The Bertz CT molecular complexity index is 534. The summed E-state index contributed by atoms with van der Waals surface area (Å²) < 4.78 is 1.61. The topological polar surface area (TPSA) is 43.6 Å². The number of nitrogens with zero attached hydrogens (tertiary/aromatic N) is 4. The molecule has 1 fully saturated rings. The molecule has 0 saturated heterocycles. The molecule has 0 spiro atoms. The molecule has 1 aliphatic carbocycles. The van der Waals surface area contributed by atoms with Crippen LogP contribution in [-0.2, 0) is 5.88 Å². The van der Waals surface area contributed by atoms with E-state index in [4.69, 9.17) is 23.2 Å². The van der Waals surface area contributed by atoms with Crippen molar-refractivity contribution in [2.45, 2.75) is 24.6 Å². The Labute approximate surface area is 109 Å². The van der Waals surface area contributed by atoms with Gasteiger partial charge in [0, 0.05) is 17.7 Å². The normalized spacial score (nSPS) is 15.2. The summed E-state index contributed by atoms with van der Waals surface area (Å²) in [4.78, 5) is 0. The summed E-state index contributed by atoms with van der Waals surface area (Å²) in [6, 6.07) is 3.62. The third kappa shape index (κ3) is 1.91. The second-order valence-corrected chi connectivity index (χ2v) is 4.68. The standard InChI is InChI=1S/C11H10Cl2N4/c12-6-8-10(7-3-4-7)16-17(11(8)13)9-2-1-5-14-15-9/h1-2,5,7H,3-4,6H2. The smallest absolute Gasteiger partial charge is 0.177 e. The molecule has 6 heteroatoms. The molecule has 0 N–H and O–H groups in total. The van der Waals surface area contributed by atoms with Crippen LogP contribution in [0.3, 0.4) is 0 Å². The van der Waals surface area contributed by atoms with Gasteiger partial charge in [0.15, 0.2) is 5.82 Å². The van der Waals surface area contributed by atoms with E-state index in [2.05, 4.69) is 15.3 Å². The van der Waals surface area contributed by atoms with Crippen molar-refractivity contribution in [3.05, 3.63) is 34.7 Å². The molecule has 2 heterocycles. The van der Waals surface area contributed by atoms with Crippen molar-refractivity contribution in [2.75, 3.05) is 0 Å². The first kappa shape index (κ1) is 11.0. The SMILES string of the molecule is ClCc1c(C2CC2)nn(-c2cccnn2)c1Cl. The van der Waals surface area contributed by atoms with Gasteiger partial charge in [-0.3, -0.25) is 0 Å². The van der Waals surface area contributed by atoms with Crippen molar-refractivity contribution in [3.8, 4) is 5.82 Å². The molecule has 0 radical (unpaired) electrons. The van der Waals surface area contributed by atoms with Crippen LogP contribution in [0.5, 0.6) is 0 Å². The minimum absolute atomic E-state index is 0.380. The maximum absolute atomic E-state index is 6.28. The van der Waals surface area contributed by atoms with Gasteiger partial charge in [-0.25, -0.2) is 4.68 Å². The summed E-state index contributed by atoms with van der Waals surface area (Å²) in [7, 11) is 0. The average Bonchev–Trinajstić information content (AvgIpc) is 3.15. The van der Waals surface area contributed by atoms with Gasteiger partial charge in [-0.05, 0) is 25.0 Å². The predicted molar refractivity (Wildman–Crippen MR) is 65.7 cm³/mol. The van der Waals surface area contributed by atoms with Crippen molar-refractivity contribution in [1.82, 2.24) is 20.0 Å². The molecule has 0 atom stereocenters. The van der Waals surface area contributed by atoms with Crippen molar-refractivity contribution in [1.29, 1.82) is 0 Å². The number of hydrogen-bond acceptors (Lipinski definition) is 3. The van der Waals surface area contributed by atoms with E-state index < -0.39 is 0 Å². The third-order valence-electron chi connectivity index (χ3n) is 2.82. The molecule has 2 aromatic heterocycles. The van der Waals surface area contributed by atoms with Crippen LogP contribution in [-0.4, -0.2) is 20.0 Å². The maximum Gasteiger partial charge on any atom is 0.177 e. The van der Waals surface area contributed by atoms with E-state index >= 15 is 0 Å². The molecule has 0 aliphatic heterocycles. The molecule has 0 amide bonds. The fourth-order valence-electron chi connectivity index (χ4n) is 1.81. The molecule has 0 aromatic carbocycles. The highest BCUT2D eigenvalue weighted by Gasteiger charge is 2.31. The van der Waals surface area contributed by atoms with Gasteiger partial charge >= 0.3 is 0 Å². The Hall–Kier alpha value is -1.13. The Morgan fingerprint density at radius 3 is 2.82 bits per heavy atom. The van der Waals surface area contributed by atoms with Crippen LogP contribution in [0.25, 0.3) is 5.82 Å². The van der Waals surface area contributed by atoms with E-state index in [1.165, 1.54) is 0 Å².